The van der Waals surface area contributed by atoms with Crippen LogP contribution in [0.5, 0.6) is 5.75 Å². The smallest absolute Gasteiger partial charge is 0.248 e. The molecule has 1 aliphatic rings. The molecule has 1 amide bonds. The number of amides is 1. The Morgan fingerprint density at radius 1 is 0.750 bits per heavy atom. The number of ether oxygens (including phenoxy) is 1. The van der Waals surface area contributed by atoms with E-state index in [4.69, 9.17) is 10.5 Å². The summed E-state index contributed by atoms with van der Waals surface area (Å²) in [7, 11) is 0. The van der Waals surface area contributed by atoms with Crippen molar-refractivity contribution in [3.63, 3.8) is 0 Å². The third-order valence-corrected chi connectivity index (χ3v) is 12.3. The Hall–Kier alpha value is -5.54. The van der Waals surface area contributed by atoms with Crippen LogP contribution in [0.1, 0.15) is 85.3 Å². The minimum atomic E-state index is -0.842. The molecule has 2 atom stereocenters. The number of nitrogens with zero attached hydrogens (tertiary/aromatic N) is 2. The second kappa shape index (κ2) is 21.1. The number of rotatable bonds is 22. The number of likely N-dealkylation sites (tertiary alicyclic amines) is 1. The maximum absolute atomic E-state index is 13.4. The van der Waals surface area contributed by atoms with Crippen LogP contribution in [0.4, 0.5) is 0 Å². The highest BCUT2D eigenvalue weighted by atomic mass is 16.5. The summed E-state index contributed by atoms with van der Waals surface area (Å²) in [5.41, 5.74) is 10.9. The number of hydrogen-bond acceptors (Lipinski definition) is 6. The highest BCUT2D eigenvalue weighted by molar-refractivity contribution is 5.91. The Morgan fingerprint density at radius 2 is 1.33 bits per heavy atom. The molecular formula is C52H60N4O4. The van der Waals surface area contributed by atoms with Crippen LogP contribution in [0.3, 0.4) is 0 Å². The maximum atomic E-state index is 13.4. The van der Waals surface area contributed by atoms with Crippen molar-refractivity contribution in [2.45, 2.75) is 76.0 Å². The van der Waals surface area contributed by atoms with Crippen molar-refractivity contribution in [1.29, 1.82) is 0 Å². The molecule has 1 aliphatic heterocycles. The standard InChI is InChI=1S/C52H60N4O4/c53-51(59)52(42-24-14-8-15-25-42,43-26-16-9-17-27-43)44-32-35-55(37-44)33-18-4-2-1-3-5-19-34-56(36-40-20-10-6-11-21-40)38-47(57)45-28-30-48(50-46(45)29-31-49(58)54-50)60-39-41-22-12-7-13-23-41/h6-17,20-31,44,47,57H,1-5,18-19,32-39H2,(H2,53,59)(H,54,58). The van der Waals surface area contributed by atoms with Crippen LogP contribution in [0.2, 0.25) is 0 Å². The lowest BCUT2D eigenvalue weighted by Gasteiger charge is -2.37. The van der Waals surface area contributed by atoms with Crippen molar-refractivity contribution < 1.29 is 14.6 Å². The molecule has 6 aromatic rings. The summed E-state index contributed by atoms with van der Waals surface area (Å²) in [6.07, 6.45) is 8.34. The molecule has 4 N–H and O–H groups in total. The van der Waals surface area contributed by atoms with Crippen LogP contribution in [-0.2, 0) is 23.4 Å². The van der Waals surface area contributed by atoms with Gasteiger partial charge >= 0.3 is 0 Å². The van der Waals surface area contributed by atoms with E-state index < -0.39 is 11.5 Å². The van der Waals surface area contributed by atoms with Gasteiger partial charge in [0.25, 0.3) is 0 Å². The number of hydrogen-bond donors (Lipinski definition) is 3. The molecule has 1 aromatic heterocycles. The van der Waals surface area contributed by atoms with Gasteiger partial charge in [-0.3, -0.25) is 14.5 Å². The predicted octanol–water partition coefficient (Wildman–Crippen LogP) is 9.17. The number of fused-ring (bicyclic) bond motifs is 1. The number of H-pyrrole nitrogens is 1. The second-order valence-electron chi connectivity index (χ2n) is 16.4. The van der Waals surface area contributed by atoms with Crippen LogP contribution >= 0.6 is 0 Å². The fourth-order valence-corrected chi connectivity index (χ4v) is 9.28. The molecule has 1 saturated heterocycles. The van der Waals surface area contributed by atoms with E-state index in [0.717, 1.165) is 86.0 Å². The van der Waals surface area contributed by atoms with Crippen molar-refractivity contribution in [2.24, 2.45) is 11.7 Å². The fourth-order valence-electron chi connectivity index (χ4n) is 9.28. The van der Waals surface area contributed by atoms with E-state index >= 15 is 0 Å². The van der Waals surface area contributed by atoms with Crippen LogP contribution in [0.25, 0.3) is 10.9 Å². The first-order valence-corrected chi connectivity index (χ1v) is 21.8. The van der Waals surface area contributed by atoms with Gasteiger partial charge in [0, 0.05) is 31.1 Å². The van der Waals surface area contributed by atoms with E-state index in [1.165, 1.54) is 37.3 Å². The average Bonchev–Trinajstić information content (AvgIpc) is 3.75. The molecule has 8 heteroatoms. The Labute approximate surface area is 355 Å². The number of primary amides is 1. The molecular weight excluding hydrogens is 745 g/mol. The average molecular weight is 805 g/mol. The highest BCUT2D eigenvalue weighted by Gasteiger charge is 2.49. The van der Waals surface area contributed by atoms with Crippen molar-refractivity contribution in [3.05, 3.63) is 184 Å². The Morgan fingerprint density at radius 3 is 1.97 bits per heavy atom. The number of nitrogens with one attached hydrogen (secondary N) is 1. The summed E-state index contributed by atoms with van der Waals surface area (Å²) in [5.74, 6) is 0.439. The first-order chi connectivity index (χ1) is 29.4. The lowest BCUT2D eigenvalue weighted by molar-refractivity contribution is -0.123. The van der Waals surface area contributed by atoms with Crippen LogP contribution in [-0.4, -0.2) is 58.5 Å². The number of carbonyl (C=O) groups is 1. The number of nitrogens with two attached hydrogens (primary N) is 1. The quantitative estimate of drug-likeness (QED) is 0.0591. The zero-order chi connectivity index (χ0) is 41.6. The Kier molecular flexibility index (Phi) is 15.0. The van der Waals surface area contributed by atoms with Crippen LogP contribution in [0, 0.1) is 5.92 Å². The third kappa shape index (κ3) is 10.6. The van der Waals surface area contributed by atoms with Gasteiger partial charge in [-0.05, 0) is 84.8 Å². The number of unbranched alkanes of at least 4 members (excludes halogenated alkanes) is 6. The zero-order valence-electron chi connectivity index (χ0n) is 34.8. The topological polar surface area (TPSA) is 112 Å². The molecule has 0 radical (unpaired) electrons. The lowest BCUT2D eigenvalue weighted by Crippen LogP contribution is -2.49. The number of aromatic amines is 1. The maximum Gasteiger partial charge on any atom is 0.248 e. The van der Waals surface area contributed by atoms with E-state index in [0.29, 0.717) is 24.4 Å². The van der Waals surface area contributed by atoms with Gasteiger partial charge in [-0.1, -0.05) is 159 Å². The minimum Gasteiger partial charge on any atom is -0.487 e. The summed E-state index contributed by atoms with van der Waals surface area (Å²) >= 11 is 0. The number of aliphatic hydroxyl groups excluding tert-OH is 1. The minimum absolute atomic E-state index is 0.123. The van der Waals surface area contributed by atoms with E-state index in [1.807, 2.05) is 84.9 Å². The molecule has 5 aromatic carbocycles. The lowest BCUT2D eigenvalue weighted by atomic mass is 9.64. The largest absolute Gasteiger partial charge is 0.487 e. The van der Waals surface area contributed by atoms with Gasteiger partial charge in [0.2, 0.25) is 11.5 Å². The third-order valence-electron chi connectivity index (χ3n) is 12.3. The first-order valence-electron chi connectivity index (χ1n) is 21.8. The molecule has 8 nitrogen and oxygen atoms in total. The van der Waals surface area contributed by atoms with Gasteiger partial charge in [-0.25, -0.2) is 0 Å². The van der Waals surface area contributed by atoms with Crippen LogP contribution in [0.15, 0.2) is 150 Å². The molecule has 0 bridgehead atoms. The SMILES string of the molecule is NC(=O)C(c1ccccc1)(c1ccccc1)C1CCN(CCCCCCCCCN(Cc2ccccc2)CC(O)c2ccc(OCc3ccccc3)c3[nH]c(=O)ccc23)C1. The Balaban J connectivity index is 0.880. The molecule has 2 heterocycles. The van der Waals surface area contributed by atoms with E-state index in [9.17, 15) is 14.7 Å². The van der Waals surface area contributed by atoms with Gasteiger partial charge < -0.3 is 25.5 Å². The summed E-state index contributed by atoms with van der Waals surface area (Å²) in [6, 6.07) is 47.7. The van der Waals surface area contributed by atoms with Crippen LogP contribution < -0.4 is 16.0 Å². The second-order valence-corrected chi connectivity index (χ2v) is 16.4. The number of benzene rings is 5. The highest BCUT2D eigenvalue weighted by Crippen LogP contribution is 2.43. The van der Waals surface area contributed by atoms with Crippen molar-refractivity contribution in [3.8, 4) is 5.75 Å². The van der Waals surface area contributed by atoms with Gasteiger partial charge in [-0.2, -0.15) is 0 Å². The molecule has 7 rings (SSSR count). The molecule has 1 fully saturated rings. The van der Waals surface area contributed by atoms with Crippen molar-refractivity contribution in [1.82, 2.24) is 14.8 Å². The monoisotopic (exact) mass is 804 g/mol. The summed E-state index contributed by atoms with van der Waals surface area (Å²) in [4.78, 5) is 33.7. The zero-order valence-corrected chi connectivity index (χ0v) is 34.8. The summed E-state index contributed by atoms with van der Waals surface area (Å²) in [6.45, 7) is 5.38. The molecule has 312 valence electrons. The van der Waals surface area contributed by atoms with Gasteiger partial charge in [0.1, 0.15) is 17.8 Å². The van der Waals surface area contributed by atoms with Gasteiger partial charge in [0.15, 0.2) is 0 Å². The number of aromatic nitrogens is 1. The van der Waals surface area contributed by atoms with Gasteiger partial charge in [0.05, 0.1) is 11.6 Å². The summed E-state index contributed by atoms with van der Waals surface area (Å²) < 4.78 is 6.16. The molecule has 0 spiro atoms. The number of carbonyl (C=O) groups excluding carboxylic acids is 1. The van der Waals surface area contributed by atoms with Crippen molar-refractivity contribution in [2.75, 3.05) is 32.7 Å². The van der Waals surface area contributed by atoms with E-state index in [2.05, 4.69) is 63.3 Å². The predicted molar refractivity (Wildman–Crippen MR) is 242 cm³/mol. The van der Waals surface area contributed by atoms with E-state index in [-0.39, 0.29) is 17.4 Å². The Bertz CT molecular complexity index is 2240. The van der Waals surface area contributed by atoms with Crippen molar-refractivity contribution >= 4 is 16.8 Å². The first kappa shape index (κ1) is 42.6. The fraction of sp³-hybridized carbons (Fsp3) is 0.346. The number of pyridine rings is 1. The summed E-state index contributed by atoms with van der Waals surface area (Å²) in [5, 5.41) is 12.5. The van der Waals surface area contributed by atoms with E-state index in [1.54, 1.807) is 6.07 Å². The molecule has 0 aliphatic carbocycles. The molecule has 60 heavy (non-hydrogen) atoms. The molecule has 0 saturated carbocycles. The normalized spacial score (nSPS) is 15.1. The molecule has 2 unspecified atom stereocenters. The number of aliphatic hydroxyl groups is 1. The van der Waals surface area contributed by atoms with Gasteiger partial charge in [-0.15, -0.1) is 0 Å².